The maximum atomic E-state index is 13.2. The van der Waals surface area contributed by atoms with Crippen LogP contribution in [0, 0.1) is 12.7 Å². The fraction of sp³-hybridized carbons (Fsp3) is 0.455. The van der Waals surface area contributed by atoms with Crippen molar-refractivity contribution >= 4 is 0 Å². The summed E-state index contributed by atoms with van der Waals surface area (Å²) in [5.74, 6) is 0.551. The van der Waals surface area contributed by atoms with Crippen LogP contribution in [0.25, 0.3) is 0 Å². The van der Waals surface area contributed by atoms with Gasteiger partial charge >= 0.3 is 0 Å². The molecule has 1 aliphatic heterocycles. The second kappa shape index (κ2) is 3.02. The van der Waals surface area contributed by atoms with Crippen molar-refractivity contribution in [1.82, 2.24) is 0 Å². The molecule has 0 amide bonds. The van der Waals surface area contributed by atoms with Gasteiger partial charge in [0, 0.05) is 6.07 Å². The standard InChI is InChI=1S/C11H13FO/c1-7-5-9-4-3-8(2)13-11(9)6-10(7)12/h5-6,8H,3-4H2,1-2H3. The number of aryl methyl sites for hydroxylation is 2. The molecule has 0 bridgehead atoms. The fourth-order valence-corrected chi connectivity index (χ4v) is 1.66. The predicted octanol–water partition coefficient (Wildman–Crippen LogP) is 2.85. The molecule has 0 saturated heterocycles. The Kier molecular flexibility index (Phi) is 1.98. The summed E-state index contributed by atoms with van der Waals surface area (Å²) in [6, 6.07) is 3.39. The van der Waals surface area contributed by atoms with E-state index in [1.165, 1.54) is 6.07 Å². The second-order valence-corrected chi connectivity index (χ2v) is 3.68. The highest BCUT2D eigenvalue weighted by Gasteiger charge is 2.17. The molecule has 0 saturated carbocycles. The van der Waals surface area contributed by atoms with Crippen LogP contribution in [0.5, 0.6) is 5.75 Å². The van der Waals surface area contributed by atoms with Crippen LogP contribution in [-0.2, 0) is 6.42 Å². The quantitative estimate of drug-likeness (QED) is 0.596. The zero-order valence-corrected chi connectivity index (χ0v) is 7.93. The molecule has 0 aliphatic carbocycles. The number of fused-ring (bicyclic) bond motifs is 1. The second-order valence-electron chi connectivity index (χ2n) is 3.68. The van der Waals surface area contributed by atoms with Crippen molar-refractivity contribution in [2.75, 3.05) is 0 Å². The van der Waals surface area contributed by atoms with Crippen molar-refractivity contribution in [2.24, 2.45) is 0 Å². The maximum Gasteiger partial charge on any atom is 0.129 e. The molecule has 70 valence electrons. The first-order valence-corrected chi connectivity index (χ1v) is 4.62. The van der Waals surface area contributed by atoms with Gasteiger partial charge in [0.05, 0.1) is 6.10 Å². The molecular weight excluding hydrogens is 167 g/mol. The topological polar surface area (TPSA) is 9.23 Å². The summed E-state index contributed by atoms with van der Waals surface area (Å²) in [6.07, 6.45) is 2.24. The average molecular weight is 180 g/mol. The van der Waals surface area contributed by atoms with E-state index in [-0.39, 0.29) is 11.9 Å². The Labute approximate surface area is 77.5 Å². The molecule has 1 nitrogen and oxygen atoms in total. The average Bonchev–Trinajstić information content (AvgIpc) is 2.08. The van der Waals surface area contributed by atoms with Crippen molar-refractivity contribution in [3.05, 3.63) is 29.1 Å². The molecule has 1 aliphatic rings. The predicted molar refractivity (Wildman–Crippen MR) is 49.5 cm³/mol. The third-order valence-electron chi connectivity index (χ3n) is 2.49. The maximum absolute atomic E-state index is 13.2. The van der Waals surface area contributed by atoms with Gasteiger partial charge in [-0.3, -0.25) is 0 Å². The zero-order valence-electron chi connectivity index (χ0n) is 7.93. The fourth-order valence-electron chi connectivity index (χ4n) is 1.66. The van der Waals surface area contributed by atoms with Gasteiger partial charge in [0.15, 0.2) is 0 Å². The van der Waals surface area contributed by atoms with E-state index in [1.54, 1.807) is 6.92 Å². The lowest BCUT2D eigenvalue weighted by Gasteiger charge is -2.23. The van der Waals surface area contributed by atoms with E-state index in [9.17, 15) is 4.39 Å². The van der Waals surface area contributed by atoms with Gasteiger partial charge in [-0.1, -0.05) is 0 Å². The van der Waals surface area contributed by atoms with Gasteiger partial charge in [0.1, 0.15) is 11.6 Å². The lowest BCUT2D eigenvalue weighted by molar-refractivity contribution is 0.191. The van der Waals surface area contributed by atoms with Crippen LogP contribution in [0.15, 0.2) is 12.1 Å². The van der Waals surface area contributed by atoms with Crippen molar-refractivity contribution in [3.8, 4) is 5.75 Å². The first-order valence-electron chi connectivity index (χ1n) is 4.62. The van der Waals surface area contributed by atoms with E-state index in [2.05, 4.69) is 0 Å². The Morgan fingerprint density at radius 1 is 1.46 bits per heavy atom. The normalized spacial score (nSPS) is 20.7. The molecule has 1 atom stereocenters. The number of rotatable bonds is 0. The van der Waals surface area contributed by atoms with Crippen LogP contribution in [0.3, 0.4) is 0 Å². The minimum absolute atomic E-state index is 0.173. The highest BCUT2D eigenvalue weighted by molar-refractivity contribution is 5.39. The largest absolute Gasteiger partial charge is 0.490 e. The molecule has 0 radical (unpaired) electrons. The molecule has 0 aromatic heterocycles. The van der Waals surface area contributed by atoms with Crippen LogP contribution >= 0.6 is 0 Å². The summed E-state index contributed by atoms with van der Waals surface area (Å²) in [5.41, 5.74) is 1.84. The Morgan fingerprint density at radius 3 is 3.00 bits per heavy atom. The van der Waals surface area contributed by atoms with E-state index >= 15 is 0 Å². The van der Waals surface area contributed by atoms with E-state index < -0.39 is 0 Å². The first-order chi connectivity index (χ1) is 6.16. The minimum atomic E-state index is -0.173. The smallest absolute Gasteiger partial charge is 0.129 e. The summed E-state index contributed by atoms with van der Waals surface area (Å²) < 4.78 is 18.7. The Hall–Kier alpha value is -1.05. The lowest BCUT2D eigenvalue weighted by atomic mass is 10.0. The van der Waals surface area contributed by atoms with Crippen LogP contribution in [0.4, 0.5) is 4.39 Å². The number of benzene rings is 1. The molecule has 1 heterocycles. The van der Waals surface area contributed by atoms with Crippen LogP contribution < -0.4 is 4.74 Å². The van der Waals surface area contributed by atoms with E-state index in [0.717, 1.165) is 24.2 Å². The van der Waals surface area contributed by atoms with Gasteiger partial charge in [0.2, 0.25) is 0 Å². The first kappa shape index (κ1) is 8.54. The van der Waals surface area contributed by atoms with Gasteiger partial charge in [-0.25, -0.2) is 4.39 Å². The summed E-state index contributed by atoms with van der Waals surface area (Å²) in [6.45, 7) is 3.80. The molecule has 2 heteroatoms. The number of halogens is 1. The minimum Gasteiger partial charge on any atom is -0.490 e. The van der Waals surface area contributed by atoms with Gasteiger partial charge in [0.25, 0.3) is 0 Å². The van der Waals surface area contributed by atoms with Crippen molar-refractivity contribution in [3.63, 3.8) is 0 Å². The molecule has 1 aromatic rings. The van der Waals surface area contributed by atoms with Crippen LogP contribution in [-0.4, -0.2) is 6.10 Å². The molecule has 13 heavy (non-hydrogen) atoms. The van der Waals surface area contributed by atoms with E-state index in [4.69, 9.17) is 4.74 Å². The zero-order chi connectivity index (χ0) is 9.42. The number of hydrogen-bond donors (Lipinski definition) is 0. The van der Waals surface area contributed by atoms with Crippen molar-refractivity contribution < 1.29 is 9.13 Å². The Bertz CT molecular complexity index is 333. The number of hydrogen-bond acceptors (Lipinski definition) is 1. The lowest BCUT2D eigenvalue weighted by Crippen LogP contribution is -2.19. The molecule has 0 N–H and O–H groups in total. The third kappa shape index (κ3) is 1.53. The molecule has 0 spiro atoms. The monoisotopic (exact) mass is 180 g/mol. The Morgan fingerprint density at radius 2 is 2.23 bits per heavy atom. The number of ether oxygens (including phenoxy) is 1. The highest BCUT2D eigenvalue weighted by Crippen LogP contribution is 2.29. The van der Waals surface area contributed by atoms with Crippen LogP contribution in [0.2, 0.25) is 0 Å². The summed E-state index contributed by atoms with van der Waals surface area (Å²) in [7, 11) is 0. The third-order valence-corrected chi connectivity index (χ3v) is 2.49. The molecule has 2 rings (SSSR count). The summed E-state index contributed by atoms with van der Waals surface area (Å²) in [4.78, 5) is 0. The highest BCUT2D eigenvalue weighted by atomic mass is 19.1. The molecule has 1 unspecified atom stereocenters. The van der Waals surface area contributed by atoms with Gasteiger partial charge in [-0.05, 0) is 43.9 Å². The van der Waals surface area contributed by atoms with Gasteiger partial charge in [-0.15, -0.1) is 0 Å². The molecule has 1 aromatic carbocycles. The van der Waals surface area contributed by atoms with Crippen LogP contribution in [0.1, 0.15) is 24.5 Å². The Balaban J connectivity index is 2.43. The van der Waals surface area contributed by atoms with Crippen molar-refractivity contribution in [2.45, 2.75) is 32.8 Å². The summed E-state index contributed by atoms with van der Waals surface area (Å²) >= 11 is 0. The summed E-state index contributed by atoms with van der Waals surface area (Å²) in [5, 5.41) is 0. The van der Waals surface area contributed by atoms with Crippen molar-refractivity contribution in [1.29, 1.82) is 0 Å². The SMILES string of the molecule is Cc1cc2c(cc1F)OC(C)CC2. The van der Waals surface area contributed by atoms with Gasteiger partial charge < -0.3 is 4.74 Å². The van der Waals surface area contributed by atoms with E-state index in [1.807, 2.05) is 13.0 Å². The van der Waals surface area contributed by atoms with Gasteiger partial charge in [-0.2, -0.15) is 0 Å². The van der Waals surface area contributed by atoms with E-state index in [0.29, 0.717) is 5.56 Å². The molecular formula is C11H13FO. The molecule has 0 fully saturated rings.